The summed E-state index contributed by atoms with van der Waals surface area (Å²) in [5, 5.41) is 25.8. The summed E-state index contributed by atoms with van der Waals surface area (Å²) in [6, 6.07) is 13.9. The second-order valence-electron chi connectivity index (χ2n) is 13.3. The Morgan fingerprint density at radius 3 is 2.00 bits per heavy atom. The molecule has 3 aliphatic heterocycles. The van der Waals surface area contributed by atoms with E-state index >= 15 is 0 Å². The molecule has 14 heteroatoms. The summed E-state index contributed by atoms with van der Waals surface area (Å²) >= 11 is 0. The maximum Gasteiger partial charge on any atom is 0.323 e. The zero-order valence-corrected chi connectivity index (χ0v) is 28.5. The molecule has 3 aliphatic rings. The number of anilines is 4. The van der Waals surface area contributed by atoms with E-state index in [4.69, 9.17) is 19.7 Å². The number of likely N-dealkylation sites (tertiary alicyclic amines) is 1. The van der Waals surface area contributed by atoms with Gasteiger partial charge in [0.25, 0.3) is 5.91 Å². The summed E-state index contributed by atoms with van der Waals surface area (Å²) in [5.41, 5.74) is 2.47. The molecule has 6 rings (SSSR count). The van der Waals surface area contributed by atoms with E-state index in [1.165, 1.54) is 0 Å². The molecule has 3 unspecified atom stereocenters. The molecule has 2 aromatic carbocycles. The second-order valence-corrected chi connectivity index (χ2v) is 13.3. The van der Waals surface area contributed by atoms with E-state index in [1.807, 2.05) is 21.9 Å². The first-order chi connectivity index (χ1) is 23.7. The van der Waals surface area contributed by atoms with E-state index < -0.39 is 6.03 Å². The molecular formula is C35H47N9O5. The van der Waals surface area contributed by atoms with Gasteiger partial charge in [-0.3, -0.25) is 4.79 Å². The maximum atomic E-state index is 13.0. The number of hydrogen-bond acceptors (Lipinski definition) is 11. The molecule has 0 saturated carbocycles. The molecule has 14 nitrogen and oxygen atoms in total. The van der Waals surface area contributed by atoms with Crippen LogP contribution in [-0.2, 0) is 4.74 Å². The lowest BCUT2D eigenvalue weighted by Gasteiger charge is -2.35. The summed E-state index contributed by atoms with van der Waals surface area (Å²) in [5.74, 6) is 1.38. The standard InChI is InChI=1S/C35H47N9O5/c1-23-22-49-19-18-43(23)33-38-31(39-34(40-33)44-29(20-45)12-13-30(44)21-46)24-4-8-26(9-5-24)36-35(48)37-27-10-6-25(7-11-27)32(47)42-16-14-28(15-17-42)41(2)3/h4-11,23,28-30,45-46H,12-22H2,1-3H3,(H2,36,37,48). The van der Waals surface area contributed by atoms with Crippen molar-refractivity contribution in [3.63, 3.8) is 0 Å². The highest BCUT2D eigenvalue weighted by atomic mass is 16.5. The molecular weight excluding hydrogens is 626 g/mol. The second kappa shape index (κ2) is 15.5. The predicted molar refractivity (Wildman–Crippen MR) is 188 cm³/mol. The zero-order chi connectivity index (χ0) is 34.5. The first-order valence-electron chi connectivity index (χ1n) is 17.1. The van der Waals surface area contributed by atoms with Crippen LogP contribution in [0.15, 0.2) is 48.5 Å². The molecule has 0 radical (unpaired) electrons. The van der Waals surface area contributed by atoms with Crippen LogP contribution >= 0.6 is 0 Å². The van der Waals surface area contributed by atoms with Crippen molar-refractivity contribution < 1.29 is 24.5 Å². The normalized spacial score (nSPS) is 21.7. The van der Waals surface area contributed by atoms with Crippen LogP contribution in [0.1, 0.15) is 43.0 Å². The van der Waals surface area contributed by atoms with Crippen LogP contribution in [0.4, 0.5) is 28.1 Å². The monoisotopic (exact) mass is 673 g/mol. The topological polar surface area (TPSA) is 160 Å². The van der Waals surface area contributed by atoms with Gasteiger partial charge < -0.3 is 45.2 Å². The summed E-state index contributed by atoms with van der Waals surface area (Å²) < 4.78 is 5.63. The molecule has 0 aliphatic carbocycles. The lowest BCUT2D eigenvalue weighted by Crippen LogP contribution is -2.45. The minimum Gasteiger partial charge on any atom is -0.394 e. The molecule has 0 spiro atoms. The predicted octanol–water partition coefficient (Wildman–Crippen LogP) is 2.90. The zero-order valence-electron chi connectivity index (χ0n) is 28.5. The number of benzene rings is 2. The summed E-state index contributed by atoms with van der Waals surface area (Å²) in [6.07, 6.45) is 3.37. The van der Waals surface area contributed by atoms with Crippen LogP contribution in [0.5, 0.6) is 0 Å². The molecule has 3 atom stereocenters. The van der Waals surface area contributed by atoms with Gasteiger partial charge in [-0.2, -0.15) is 15.0 Å². The minimum atomic E-state index is -0.414. The summed E-state index contributed by atoms with van der Waals surface area (Å²) in [7, 11) is 4.15. The van der Waals surface area contributed by atoms with Crippen molar-refractivity contribution in [2.45, 2.75) is 56.8 Å². The number of urea groups is 1. The Bertz CT molecular complexity index is 1570. The number of aromatic nitrogens is 3. The van der Waals surface area contributed by atoms with Gasteiger partial charge in [0, 0.05) is 48.2 Å². The molecule has 3 amide bonds. The van der Waals surface area contributed by atoms with E-state index in [0.29, 0.717) is 60.5 Å². The van der Waals surface area contributed by atoms with Crippen molar-refractivity contribution in [2.75, 3.05) is 80.6 Å². The summed E-state index contributed by atoms with van der Waals surface area (Å²) in [4.78, 5) is 48.4. The van der Waals surface area contributed by atoms with E-state index in [2.05, 4.69) is 41.5 Å². The number of ether oxygens (including phenoxy) is 1. The Morgan fingerprint density at radius 1 is 0.837 bits per heavy atom. The van der Waals surface area contributed by atoms with Crippen LogP contribution in [-0.4, -0.2) is 131 Å². The van der Waals surface area contributed by atoms with Crippen molar-refractivity contribution in [1.82, 2.24) is 24.8 Å². The molecule has 3 saturated heterocycles. The first kappa shape index (κ1) is 34.5. The number of nitrogens with zero attached hydrogens (tertiary/aromatic N) is 7. The van der Waals surface area contributed by atoms with Crippen LogP contribution in [0.25, 0.3) is 11.4 Å². The van der Waals surface area contributed by atoms with E-state index in [0.717, 1.165) is 44.3 Å². The average Bonchev–Trinajstić information content (AvgIpc) is 3.55. The lowest BCUT2D eigenvalue weighted by molar-refractivity contribution is 0.0663. The molecule has 3 aromatic rings. The number of carbonyl (C=O) groups excluding carboxylic acids is 2. The van der Waals surface area contributed by atoms with Crippen molar-refractivity contribution in [3.05, 3.63) is 54.1 Å². The quantitative estimate of drug-likeness (QED) is 0.265. The van der Waals surface area contributed by atoms with Gasteiger partial charge >= 0.3 is 6.03 Å². The molecule has 4 N–H and O–H groups in total. The van der Waals surface area contributed by atoms with Gasteiger partial charge in [0.05, 0.1) is 44.6 Å². The van der Waals surface area contributed by atoms with Crippen molar-refractivity contribution in [2.24, 2.45) is 0 Å². The molecule has 1 aromatic heterocycles. The number of carbonyl (C=O) groups is 2. The largest absolute Gasteiger partial charge is 0.394 e. The van der Waals surface area contributed by atoms with E-state index in [1.54, 1.807) is 36.4 Å². The number of hydrogen-bond donors (Lipinski definition) is 4. The fourth-order valence-corrected chi connectivity index (χ4v) is 6.86. The van der Waals surface area contributed by atoms with Gasteiger partial charge in [0.15, 0.2) is 5.82 Å². The van der Waals surface area contributed by atoms with E-state index in [-0.39, 0.29) is 37.2 Å². The number of rotatable bonds is 9. The third-order valence-corrected chi connectivity index (χ3v) is 9.78. The Morgan fingerprint density at radius 2 is 1.43 bits per heavy atom. The number of aliphatic hydroxyl groups excluding tert-OH is 2. The first-order valence-corrected chi connectivity index (χ1v) is 17.1. The van der Waals surface area contributed by atoms with Gasteiger partial charge in [-0.1, -0.05) is 0 Å². The van der Waals surface area contributed by atoms with Crippen LogP contribution in [0.2, 0.25) is 0 Å². The molecule has 262 valence electrons. The van der Waals surface area contributed by atoms with Crippen molar-refractivity contribution in [3.8, 4) is 11.4 Å². The maximum absolute atomic E-state index is 13.0. The molecule has 0 bridgehead atoms. The number of aliphatic hydroxyl groups is 2. The van der Waals surface area contributed by atoms with Crippen molar-refractivity contribution in [1.29, 1.82) is 0 Å². The van der Waals surface area contributed by atoms with Gasteiger partial charge in [-0.15, -0.1) is 0 Å². The minimum absolute atomic E-state index is 0.00651. The fourth-order valence-electron chi connectivity index (χ4n) is 6.86. The third-order valence-electron chi connectivity index (χ3n) is 9.78. The number of piperidine rings is 1. The summed E-state index contributed by atoms with van der Waals surface area (Å²) in [6.45, 7) is 5.13. The smallest absolute Gasteiger partial charge is 0.323 e. The Labute approximate surface area is 287 Å². The Kier molecular flexibility index (Phi) is 10.9. The highest BCUT2D eigenvalue weighted by Crippen LogP contribution is 2.31. The third kappa shape index (κ3) is 7.93. The van der Waals surface area contributed by atoms with Crippen LogP contribution in [0.3, 0.4) is 0 Å². The fraction of sp³-hybridized carbons (Fsp3) is 0.514. The Hall–Kier alpha value is -4.37. The number of nitrogens with one attached hydrogen (secondary N) is 2. The Balaban J connectivity index is 1.12. The van der Waals surface area contributed by atoms with Crippen LogP contribution < -0.4 is 20.4 Å². The number of morpholine rings is 1. The van der Waals surface area contributed by atoms with Crippen molar-refractivity contribution >= 4 is 35.2 Å². The molecule has 49 heavy (non-hydrogen) atoms. The average molecular weight is 674 g/mol. The highest BCUT2D eigenvalue weighted by Gasteiger charge is 2.36. The van der Waals surface area contributed by atoms with E-state index in [9.17, 15) is 19.8 Å². The van der Waals surface area contributed by atoms with Gasteiger partial charge in [-0.05, 0) is 95.2 Å². The van der Waals surface area contributed by atoms with Gasteiger partial charge in [0.2, 0.25) is 11.9 Å². The molecule has 3 fully saturated rings. The van der Waals surface area contributed by atoms with Crippen LogP contribution in [0, 0.1) is 0 Å². The van der Waals surface area contributed by atoms with Gasteiger partial charge in [0.1, 0.15) is 0 Å². The SMILES string of the molecule is CC1COCCN1c1nc(-c2ccc(NC(=O)Nc3ccc(C(=O)N4CCC(N(C)C)CC4)cc3)cc2)nc(N2C(CO)CCC2CO)n1. The highest BCUT2D eigenvalue weighted by molar-refractivity contribution is 6.00. The van der Waals surface area contributed by atoms with Gasteiger partial charge in [-0.25, -0.2) is 4.79 Å². The molecule has 4 heterocycles. The number of amides is 3. The lowest BCUT2D eigenvalue weighted by atomic mass is 10.0.